The Morgan fingerprint density at radius 3 is 1.76 bits per heavy atom. The van der Waals surface area contributed by atoms with Gasteiger partial charge < -0.3 is 42.6 Å². The van der Waals surface area contributed by atoms with Gasteiger partial charge in [0, 0.05) is 6.92 Å². The van der Waals surface area contributed by atoms with Crippen molar-refractivity contribution >= 4 is 42.2 Å². The molecule has 0 fully saturated rings. The van der Waals surface area contributed by atoms with Crippen LogP contribution in [0.1, 0.15) is 72.3 Å². The number of esters is 1. The second kappa shape index (κ2) is 29.2. The van der Waals surface area contributed by atoms with Gasteiger partial charge in [-0.3, -0.25) is 24.0 Å². The number of unbranched alkanes of at least 4 members (excludes halogenated alkanes) is 3. The molecule has 244 valence electrons. The van der Waals surface area contributed by atoms with Crippen molar-refractivity contribution in [2.45, 2.75) is 91.3 Å². The van der Waals surface area contributed by atoms with Gasteiger partial charge in [0.2, 0.25) is 5.91 Å². The Bertz CT molecular complexity index is 874. The highest BCUT2D eigenvalue weighted by molar-refractivity contribution is 5.85. The Morgan fingerprint density at radius 1 is 0.881 bits per heavy atom. The number of nitrogens with two attached hydrogens (primary N) is 3. The van der Waals surface area contributed by atoms with Crippen LogP contribution in [0.15, 0.2) is 30.3 Å². The highest BCUT2D eigenvalue weighted by atomic mass is 35.5. The Morgan fingerprint density at radius 2 is 1.40 bits per heavy atom. The number of benzene rings is 1. The largest absolute Gasteiger partial charge is 0.480 e. The lowest BCUT2D eigenvalue weighted by Crippen LogP contribution is -2.36. The summed E-state index contributed by atoms with van der Waals surface area (Å²) < 4.78 is 5.09. The molecule has 42 heavy (non-hydrogen) atoms. The van der Waals surface area contributed by atoms with E-state index in [0.29, 0.717) is 25.4 Å². The zero-order valence-electron chi connectivity index (χ0n) is 25.3. The van der Waals surface area contributed by atoms with Crippen molar-refractivity contribution in [1.29, 1.82) is 0 Å². The lowest BCUT2D eigenvalue weighted by atomic mass is 10.1. The molecule has 0 saturated heterocycles. The highest BCUT2D eigenvalue weighted by Crippen LogP contribution is 2.05. The topological polar surface area (TPSA) is 245 Å². The maximum absolute atomic E-state index is 11.4. The van der Waals surface area contributed by atoms with Crippen LogP contribution in [0.25, 0.3) is 0 Å². The number of aliphatic carboxylic acids is 3. The third kappa shape index (κ3) is 32.9. The van der Waals surface area contributed by atoms with Crippen molar-refractivity contribution in [3.05, 3.63) is 35.9 Å². The summed E-state index contributed by atoms with van der Waals surface area (Å²) in [7, 11) is 0. The molecule has 1 aromatic carbocycles. The van der Waals surface area contributed by atoms with E-state index in [1.165, 1.54) is 26.7 Å². The first-order valence-corrected chi connectivity index (χ1v) is 13.4. The molecule has 0 heterocycles. The Labute approximate surface area is 255 Å². The van der Waals surface area contributed by atoms with Gasteiger partial charge in [-0.15, -0.1) is 12.4 Å². The second-order valence-electron chi connectivity index (χ2n) is 9.46. The molecule has 0 radical (unpaired) electrons. The van der Waals surface area contributed by atoms with Crippen LogP contribution in [-0.4, -0.2) is 76.4 Å². The van der Waals surface area contributed by atoms with Crippen molar-refractivity contribution in [2.75, 3.05) is 13.2 Å². The van der Waals surface area contributed by atoms with Crippen LogP contribution in [0.2, 0.25) is 0 Å². The van der Waals surface area contributed by atoms with E-state index >= 15 is 0 Å². The molecule has 3 unspecified atom stereocenters. The van der Waals surface area contributed by atoms with Gasteiger partial charge in [0.05, 0.1) is 13.2 Å². The molecule has 1 aromatic rings. The van der Waals surface area contributed by atoms with Crippen molar-refractivity contribution in [2.24, 2.45) is 23.1 Å². The average molecular weight is 623 g/mol. The van der Waals surface area contributed by atoms with Crippen molar-refractivity contribution in [1.82, 2.24) is 5.32 Å². The van der Waals surface area contributed by atoms with Crippen LogP contribution in [0.4, 0.5) is 0 Å². The van der Waals surface area contributed by atoms with E-state index in [1.807, 2.05) is 44.2 Å². The number of hydrogen-bond donors (Lipinski definition) is 7. The molecular formula is C28H51ClN4O9. The third-order valence-electron chi connectivity index (χ3n) is 4.85. The van der Waals surface area contributed by atoms with Crippen molar-refractivity contribution in [3.8, 4) is 0 Å². The molecule has 10 N–H and O–H groups in total. The number of rotatable bonds is 14. The van der Waals surface area contributed by atoms with Crippen molar-refractivity contribution < 1.29 is 44.0 Å². The maximum atomic E-state index is 11.4. The van der Waals surface area contributed by atoms with E-state index in [1.54, 1.807) is 0 Å². The molecular weight excluding hydrogens is 572 g/mol. The molecule has 0 aliphatic rings. The minimum atomic E-state index is -1.02. The lowest BCUT2D eigenvalue weighted by molar-refractivity contribution is -0.146. The smallest absolute Gasteiger partial charge is 0.325 e. The summed E-state index contributed by atoms with van der Waals surface area (Å²) in [5.41, 5.74) is 16.6. The zero-order chi connectivity index (χ0) is 32.4. The molecule has 1 rings (SSSR count). The van der Waals surface area contributed by atoms with Gasteiger partial charge in [-0.25, -0.2) is 0 Å². The molecule has 0 aromatic heterocycles. The fraction of sp³-hybridized carbons (Fsp3) is 0.607. The first-order valence-electron chi connectivity index (χ1n) is 13.4. The van der Waals surface area contributed by atoms with Crippen LogP contribution < -0.4 is 22.5 Å². The molecule has 14 heteroatoms. The first-order chi connectivity index (χ1) is 19.1. The summed E-state index contributed by atoms with van der Waals surface area (Å²) in [6.07, 6.45) is 5.57. The monoisotopic (exact) mass is 622 g/mol. The Kier molecular flexibility index (Phi) is 31.8. The van der Waals surface area contributed by atoms with Gasteiger partial charge in [-0.05, 0) is 37.7 Å². The Balaban J connectivity index is -0.000000241. The fourth-order valence-corrected chi connectivity index (χ4v) is 2.73. The average Bonchev–Trinajstić information content (AvgIpc) is 2.89. The van der Waals surface area contributed by atoms with Gasteiger partial charge in [0.15, 0.2) is 0 Å². The molecule has 0 bridgehead atoms. The van der Waals surface area contributed by atoms with E-state index in [2.05, 4.69) is 18.0 Å². The minimum absolute atomic E-state index is 0. The van der Waals surface area contributed by atoms with E-state index in [0.717, 1.165) is 18.4 Å². The van der Waals surface area contributed by atoms with Gasteiger partial charge in [-0.2, -0.15) is 0 Å². The summed E-state index contributed by atoms with van der Waals surface area (Å²) >= 11 is 0. The highest BCUT2D eigenvalue weighted by Gasteiger charge is 2.16. The predicted molar refractivity (Wildman–Crippen MR) is 163 cm³/mol. The number of nitrogens with one attached hydrogen (secondary N) is 1. The summed E-state index contributed by atoms with van der Waals surface area (Å²) in [6.45, 7) is 9.18. The van der Waals surface area contributed by atoms with E-state index in [-0.39, 0.29) is 30.8 Å². The fourth-order valence-electron chi connectivity index (χ4n) is 2.73. The first kappa shape index (κ1) is 45.7. The number of carboxylic acid groups (broad SMARTS) is 3. The lowest BCUT2D eigenvalue weighted by Gasteiger charge is -2.13. The van der Waals surface area contributed by atoms with E-state index in [4.69, 9.17) is 31.5 Å². The molecule has 3 atom stereocenters. The number of carbonyl (C=O) groups is 5. The molecule has 0 aliphatic carbocycles. The summed E-state index contributed by atoms with van der Waals surface area (Å²) in [6, 6.07) is 7.31. The summed E-state index contributed by atoms with van der Waals surface area (Å²) in [5.74, 6) is -3.09. The Hall–Kier alpha value is -3.26. The van der Waals surface area contributed by atoms with Crippen LogP contribution in [0.3, 0.4) is 0 Å². The van der Waals surface area contributed by atoms with Crippen molar-refractivity contribution in [3.63, 3.8) is 0 Å². The number of amides is 1. The number of halogens is 1. The van der Waals surface area contributed by atoms with Gasteiger partial charge in [-0.1, -0.05) is 70.4 Å². The maximum Gasteiger partial charge on any atom is 0.325 e. The van der Waals surface area contributed by atoms with Crippen LogP contribution in [0.5, 0.6) is 0 Å². The minimum Gasteiger partial charge on any atom is -0.480 e. The molecule has 0 spiro atoms. The quantitative estimate of drug-likeness (QED) is 0.116. The SMILES string of the molecule is CC(=O)NC(C)C(=O)O.CCCCCCOC(=O)C(N)CC(C)C.Cl.NC(Cc1ccccc1)C(=O)O.NCC(=O)O. The molecule has 0 aliphatic heterocycles. The predicted octanol–water partition coefficient (Wildman–Crippen LogP) is 2.17. The molecule has 0 saturated carbocycles. The van der Waals surface area contributed by atoms with E-state index in [9.17, 15) is 24.0 Å². The number of carboxylic acids is 3. The molecule has 13 nitrogen and oxygen atoms in total. The normalized spacial score (nSPS) is 11.6. The number of hydrogen-bond acceptors (Lipinski definition) is 9. The van der Waals surface area contributed by atoms with Gasteiger partial charge >= 0.3 is 23.9 Å². The summed E-state index contributed by atoms with van der Waals surface area (Å²) in [4.78, 5) is 51.2. The number of ether oxygens (including phenoxy) is 1. The number of carbonyl (C=O) groups excluding carboxylic acids is 2. The standard InChI is InChI=1S/C12H25NO2.C9H11NO2.C5H9NO3.C2H5NO2.ClH/c1-4-5-6-7-8-15-12(14)11(13)9-10(2)3;10-8(9(11)12)6-7-4-2-1-3-5-7;1-3(5(8)9)6-4(2)7;3-1-2(4)5;/h10-11H,4-9,13H2,1-3H3;1-5,8H,6,10H2,(H,11,12);3H,1-2H3,(H,6,7)(H,8,9);1,3H2,(H,4,5);1H. The van der Waals surface area contributed by atoms with Crippen LogP contribution in [-0.2, 0) is 35.1 Å². The van der Waals surface area contributed by atoms with Gasteiger partial charge in [0.1, 0.15) is 18.1 Å². The van der Waals surface area contributed by atoms with Crippen LogP contribution >= 0.6 is 12.4 Å². The zero-order valence-corrected chi connectivity index (χ0v) is 26.1. The second-order valence-corrected chi connectivity index (χ2v) is 9.46. The van der Waals surface area contributed by atoms with Crippen LogP contribution in [0, 0.1) is 5.92 Å². The van der Waals surface area contributed by atoms with Gasteiger partial charge in [0.25, 0.3) is 0 Å². The van der Waals surface area contributed by atoms with E-state index < -0.39 is 36.0 Å². The molecule has 1 amide bonds. The third-order valence-corrected chi connectivity index (χ3v) is 4.85. The summed E-state index contributed by atoms with van der Waals surface area (Å²) in [5, 5.41) is 26.5.